The molecule has 14 rings (SSSR count). The number of benzene rings is 9. The lowest BCUT2D eigenvalue weighted by molar-refractivity contribution is 0.436. The highest BCUT2D eigenvalue weighted by molar-refractivity contribution is 6.27. The van der Waals surface area contributed by atoms with Gasteiger partial charge in [-0.25, -0.2) is 0 Å². The summed E-state index contributed by atoms with van der Waals surface area (Å²) in [6.45, 7) is 0. The topological polar surface area (TPSA) is 31.9 Å². The van der Waals surface area contributed by atoms with Crippen molar-refractivity contribution in [2.75, 3.05) is 0 Å². The zero-order valence-electron chi connectivity index (χ0n) is 31.7. The molecule has 1 N–H and O–H groups in total. The molecule has 274 valence electrons. The minimum absolute atomic E-state index is 0.564. The summed E-state index contributed by atoms with van der Waals surface area (Å²) in [6, 6.07) is 70.7. The lowest BCUT2D eigenvalue weighted by Crippen LogP contribution is -2.32. The first-order valence-electron chi connectivity index (χ1n) is 20.3. The third-order valence-corrected chi connectivity index (χ3v) is 13.2. The molecule has 1 aliphatic heterocycles. The standard InChI is InChI=1S/C55H32N2O2/c1-3-15-33(16-4-1)56-46-28-27-37-36-20-8-12-24-50(36)59-54(37)53(46)41-30-40-39-29-38-35-19-7-9-21-42(35)55(43-22-10-13-25-51(43)58-52-26-14-11-23-44(52)55)45(38)31-47(39)57(48(40)32-49(41)56)34-17-5-2-6-18-34/h1-32H/p+1. The number of ether oxygens (including phenoxy) is 1. The number of rotatable bonds is 2. The lowest BCUT2D eigenvalue weighted by Gasteiger charge is -2.39. The number of aromatic nitrogens is 2. The Kier molecular flexibility index (Phi) is 5.93. The first-order chi connectivity index (χ1) is 29.3. The highest BCUT2D eigenvalue weighted by Crippen LogP contribution is 2.63. The van der Waals surface area contributed by atoms with Gasteiger partial charge in [-0.2, -0.15) is 0 Å². The van der Waals surface area contributed by atoms with Crippen LogP contribution in [0.15, 0.2) is 199 Å². The van der Waals surface area contributed by atoms with Crippen molar-refractivity contribution < 1.29 is 9.15 Å². The van der Waals surface area contributed by atoms with Crippen LogP contribution in [0.3, 0.4) is 0 Å². The van der Waals surface area contributed by atoms with Gasteiger partial charge < -0.3 is 18.3 Å². The molecule has 2 aliphatic rings. The molecule has 0 atom stereocenters. The average Bonchev–Trinajstić information content (AvgIpc) is 4.01. The normalized spacial score (nSPS) is 13.7. The van der Waals surface area contributed by atoms with Crippen LogP contribution in [0.25, 0.3) is 88.1 Å². The summed E-state index contributed by atoms with van der Waals surface area (Å²) in [6.07, 6.45) is 0. The van der Waals surface area contributed by atoms with Crippen LogP contribution in [0.5, 0.6) is 11.5 Å². The Bertz CT molecular complexity index is 3710. The minimum Gasteiger partial charge on any atom is -0.545 e. The highest BCUT2D eigenvalue weighted by atomic mass is 16.5. The largest absolute Gasteiger partial charge is 0.545 e. The van der Waals surface area contributed by atoms with Crippen LogP contribution in [0.1, 0.15) is 22.3 Å². The van der Waals surface area contributed by atoms with Gasteiger partial charge in [0, 0.05) is 44.7 Å². The molecular formula is C55H33N2O2+. The lowest BCUT2D eigenvalue weighted by atomic mass is 9.66. The fourth-order valence-electron chi connectivity index (χ4n) is 10.9. The van der Waals surface area contributed by atoms with E-state index in [4.69, 9.17) is 9.15 Å². The first kappa shape index (κ1) is 31.3. The van der Waals surface area contributed by atoms with Gasteiger partial charge in [-0.1, -0.05) is 109 Å². The molecule has 12 aromatic rings. The highest BCUT2D eigenvalue weighted by Gasteiger charge is 2.51. The Labute approximate surface area is 338 Å². The Hall–Kier alpha value is -7.82. The van der Waals surface area contributed by atoms with Crippen molar-refractivity contribution in [1.82, 2.24) is 9.13 Å². The molecule has 0 fully saturated rings. The molecular weight excluding hydrogens is 721 g/mol. The van der Waals surface area contributed by atoms with Gasteiger partial charge in [0.1, 0.15) is 16.9 Å². The molecule has 0 saturated heterocycles. The van der Waals surface area contributed by atoms with Gasteiger partial charge in [0.25, 0.3) is 11.2 Å². The summed E-state index contributed by atoms with van der Waals surface area (Å²) >= 11 is 0. The second-order valence-electron chi connectivity index (χ2n) is 16.0. The molecule has 4 heterocycles. The predicted molar refractivity (Wildman–Crippen MR) is 241 cm³/mol. The van der Waals surface area contributed by atoms with Crippen molar-refractivity contribution in [2.45, 2.75) is 5.41 Å². The molecule has 9 aromatic carbocycles. The molecule has 0 radical (unpaired) electrons. The average molecular weight is 754 g/mol. The Balaban J connectivity index is 1.18. The van der Waals surface area contributed by atoms with E-state index in [2.05, 4.69) is 203 Å². The maximum absolute atomic E-state index is 6.68. The summed E-state index contributed by atoms with van der Waals surface area (Å²) in [5.41, 5.74) is 15.8. The molecule has 1 aliphatic carbocycles. The van der Waals surface area contributed by atoms with E-state index in [-0.39, 0.29) is 0 Å². The number of nitrogens with zero attached hydrogens (tertiary/aromatic N) is 2. The summed E-state index contributed by atoms with van der Waals surface area (Å²) in [5.74, 6) is 1.79. The van der Waals surface area contributed by atoms with Crippen molar-refractivity contribution in [1.29, 1.82) is 0 Å². The van der Waals surface area contributed by atoms with E-state index in [1.165, 1.54) is 71.2 Å². The second kappa shape index (κ2) is 11.2. The maximum Gasteiger partial charge on any atom is 0.279 e. The first-order valence-corrected chi connectivity index (χ1v) is 20.3. The Morgan fingerprint density at radius 3 is 1.69 bits per heavy atom. The van der Waals surface area contributed by atoms with E-state index >= 15 is 0 Å². The van der Waals surface area contributed by atoms with E-state index in [1.807, 2.05) is 0 Å². The van der Waals surface area contributed by atoms with Gasteiger partial charge in [0.15, 0.2) is 0 Å². The molecule has 4 heteroatoms. The number of para-hydroxylation sites is 5. The second-order valence-corrected chi connectivity index (χ2v) is 16.0. The summed E-state index contributed by atoms with van der Waals surface area (Å²) in [5, 5.41) is 7.18. The van der Waals surface area contributed by atoms with Crippen molar-refractivity contribution in [2.24, 2.45) is 0 Å². The molecule has 4 nitrogen and oxygen atoms in total. The molecule has 1 spiro atoms. The molecule has 0 unspecified atom stereocenters. The third kappa shape index (κ3) is 3.88. The van der Waals surface area contributed by atoms with Crippen LogP contribution in [0.4, 0.5) is 0 Å². The van der Waals surface area contributed by atoms with E-state index in [0.717, 1.165) is 50.6 Å². The van der Waals surface area contributed by atoms with Crippen LogP contribution in [-0.4, -0.2) is 9.13 Å². The third-order valence-electron chi connectivity index (χ3n) is 13.2. The van der Waals surface area contributed by atoms with E-state index in [9.17, 15) is 0 Å². The van der Waals surface area contributed by atoms with Gasteiger partial charge in [0.2, 0.25) is 0 Å². The van der Waals surface area contributed by atoms with Crippen LogP contribution in [0.2, 0.25) is 0 Å². The van der Waals surface area contributed by atoms with Crippen LogP contribution >= 0.6 is 0 Å². The fraction of sp³-hybridized carbons (Fsp3) is 0.0182. The minimum atomic E-state index is -0.564. The molecule has 0 saturated carbocycles. The van der Waals surface area contributed by atoms with Gasteiger partial charge in [-0.15, -0.1) is 0 Å². The number of hydrogen-bond donors (Lipinski definition) is 0. The van der Waals surface area contributed by atoms with Crippen LogP contribution in [0, 0.1) is 0 Å². The van der Waals surface area contributed by atoms with E-state index in [1.54, 1.807) is 0 Å². The number of furan rings is 1. The van der Waals surface area contributed by atoms with Crippen LogP contribution in [-0.2, 0) is 5.41 Å². The van der Waals surface area contributed by atoms with Crippen molar-refractivity contribution in [3.63, 3.8) is 0 Å². The molecule has 59 heavy (non-hydrogen) atoms. The maximum atomic E-state index is 6.68. The van der Waals surface area contributed by atoms with Crippen molar-refractivity contribution in [3.8, 4) is 34.0 Å². The monoisotopic (exact) mass is 753 g/mol. The number of hydrogen-bond acceptors (Lipinski definition) is 1. The molecule has 0 amide bonds. The van der Waals surface area contributed by atoms with Crippen LogP contribution < -0.4 is 4.74 Å². The Morgan fingerprint density at radius 2 is 0.949 bits per heavy atom. The predicted octanol–water partition coefficient (Wildman–Crippen LogP) is 14.4. The fourth-order valence-corrected chi connectivity index (χ4v) is 10.9. The Morgan fingerprint density at radius 1 is 0.373 bits per heavy atom. The van der Waals surface area contributed by atoms with Gasteiger partial charge in [-0.05, 0) is 101 Å². The number of fused-ring (bicyclic) bond motifs is 19. The van der Waals surface area contributed by atoms with Crippen molar-refractivity contribution in [3.05, 3.63) is 216 Å². The van der Waals surface area contributed by atoms with Gasteiger partial charge in [-0.3, -0.25) is 0 Å². The van der Waals surface area contributed by atoms with Gasteiger partial charge in [0.05, 0.1) is 38.3 Å². The summed E-state index contributed by atoms with van der Waals surface area (Å²) < 4.78 is 16.9. The molecule has 0 bridgehead atoms. The van der Waals surface area contributed by atoms with E-state index < -0.39 is 5.41 Å². The zero-order valence-corrected chi connectivity index (χ0v) is 31.7. The smallest absolute Gasteiger partial charge is 0.279 e. The summed E-state index contributed by atoms with van der Waals surface area (Å²) in [4.78, 5) is 0. The SMILES string of the molecule is c1ccc(-n2c3cc4c(cc3c3cc5c6c7[oH+]c8ccccc8c7ccc6n(-c6ccccc6)c5cc32)-c2ccccc2C42c3ccccc3Oc3ccccc32)cc1. The quantitative estimate of drug-likeness (QED) is 0.162. The zero-order chi connectivity index (χ0) is 38.4. The van der Waals surface area contributed by atoms with Crippen molar-refractivity contribution >= 4 is 65.6 Å². The summed E-state index contributed by atoms with van der Waals surface area (Å²) in [7, 11) is 0. The van der Waals surface area contributed by atoms with Gasteiger partial charge >= 0.3 is 0 Å². The molecule has 3 aromatic heterocycles. The van der Waals surface area contributed by atoms with E-state index in [0.29, 0.717) is 0 Å².